The van der Waals surface area contributed by atoms with E-state index >= 15 is 0 Å². The Labute approximate surface area is 249 Å². The maximum atomic E-state index is 14.3. The molecule has 1 atom stereocenters. The lowest BCUT2D eigenvalue weighted by atomic mass is 9.75. The van der Waals surface area contributed by atoms with Crippen LogP contribution in [-0.2, 0) is 15.1 Å². The van der Waals surface area contributed by atoms with E-state index in [1.807, 2.05) is 51.1 Å². The molecule has 1 aromatic heterocycles. The predicted molar refractivity (Wildman–Crippen MR) is 161 cm³/mol. The Morgan fingerprint density at radius 2 is 1.76 bits per heavy atom. The van der Waals surface area contributed by atoms with Gasteiger partial charge in [0.2, 0.25) is 5.60 Å². The summed E-state index contributed by atoms with van der Waals surface area (Å²) in [5, 5.41) is 7.16. The number of carbonyl (C=O) groups is 1. The van der Waals surface area contributed by atoms with Crippen molar-refractivity contribution in [2.45, 2.75) is 44.8 Å². The Hall–Kier alpha value is -3.95. The largest absolute Gasteiger partial charge is 0.493 e. The number of aromatic nitrogens is 2. The summed E-state index contributed by atoms with van der Waals surface area (Å²) in [6.07, 6.45) is 2.82. The van der Waals surface area contributed by atoms with Crippen LogP contribution >= 0.6 is 11.6 Å². The second-order valence-corrected chi connectivity index (χ2v) is 11.6. The lowest BCUT2D eigenvalue weighted by Gasteiger charge is -2.42. The van der Waals surface area contributed by atoms with Crippen molar-refractivity contribution in [3.8, 4) is 11.5 Å². The molecule has 42 heavy (non-hydrogen) atoms. The van der Waals surface area contributed by atoms with Crippen molar-refractivity contribution in [3.63, 3.8) is 0 Å². The van der Waals surface area contributed by atoms with Crippen LogP contribution in [0.15, 0.2) is 67.0 Å². The zero-order chi connectivity index (χ0) is 29.9. The maximum Gasteiger partial charge on any atom is 0.356 e. The summed E-state index contributed by atoms with van der Waals surface area (Å²) in [4.78, 5) is 23.2. The first-order chi connectivity index (χ1) is 20.1. The molecule has 220 valence electrons. The Morgan fingerprint density at radius 3 is 2.43 bits per heavy atom. The molecule has 0 saturated carbocycles. The van der Waals surface area contributed by atoms with Gasteiger partial charge in [0.1, 0.15) is 23.6 Å². The van der Waals surface area contributed by atoms with E-state index in [2.05, 4.69) is 20.6 Å². The fourth-order valence-electron chi connectivity index (χ4n) is 5.26. The van der Waals surface area contributed by atoms with Gasteiger partial charge in [0.15, 0.2) is 11.5 Å². The van der Waals surface area contributed by atoms with Crippen molar-refractivity contribution < 1.29 is 23.4 Å². The van der Waals surface area contributed by atoms with E-state index in [1.54, 1.807) is 18.2 Å². The number of hydrogen-bond acceptors (Lipinski definition) is 8. The summed E-state index contributed by atoms with van der Waals surface area (Å²) in [5.41, 5.74) is -0.402. The molecule has 2 N–H and O–H groups in total. The summed E-state index contributed by atoms with van der Waals surface area (Å²) in [7, 11) is 1.54. The third-order valence-corrected chi connectivity index (χ3v) is 7.48. The van der Waals surface area contributed by atoms with Gasteiger partial charge in [0, 0.05) is 28.6 Å². The first kappa shape index (κ1) is 29.5. The summed E-state index contributed by atoms with van der Waals surface area (Å²) in [5.74, 6) is -0.0173. The number of nitrogens with zero attached hydrogens (tertiary/aromatic N) is 2. The van der Waals surface area contributed by atoms with Crippen molar-refractivity contribution in [1.29, 1.82) is 0 Å². The molecule has 5 rings (SSSR count). The molecule has 0 spiro atoms. The number of halogens is 2. The van der Waals surface area contributed by atoms with Crippen molar-refractivity contribution in [1.82, 2.24) is 15.3 Å². The van der Waals surface area contributed by atoms with Gasteiger partial charge in [-0.3, -0.25) is 0 Å². The van der Waals surface area contributed by atoms with Crippen molar-refractivity contribution in [2.24, 2.45) is 5.92 Å². The van der Waals surface area contributed by atoms with Crippen molar-refractivity contribution in [3.05, 3.63) is 83.4 Å². The highest BCUT2D eigenvalue weighted by molar-refractivity contribution is 6.31. The maximum absolute atomic E-state index is 14.3. The average Bonchev–Trinajstić information content (AvgIpc) is 2.97. The highest BCUT2D eigenvalue weighted by Gasteiger charge is 2.53. The lowest BCUT2D eigenvalue weighted by Crippen LogP contribution is -2.53. The minimum atomic E-state index is -1.47. The highest BCUT2D eigenvalue weighted by atomic mass is 35.5. The fraction of sp³-hybridized carbons (Fsp3) is 0.344. The second kappa shape index (κ2) is 12.1. The molecule has 8 nitrogen and oxygen atoms in total. The lowest BCUT2D eigenvalue weighted by molar-refractivity contribution is -0.182. The predicted octanol–water partition coefficient (Wildman–Crippen LogP) is 6.79. The van der Waals surface area contributed by atoms with Crippen molar-refractivity contribution >= 4 is 40.0 Å². The number of benzene rings is 3. The number of nitrogens with one attached hydrogen (secondary N) is 2. The molecule has 1 saturated heterocycles. The molecule has 4 aromatic rings. The topological polar surface area (TPSA) is 94.6 Å². The van der Waals surface area contributed by atoms with E-state index in [0.29, 0.717) is 52.3 Å². The average molecular weight is 593 g/mol. The van der Waals surface area contributed by atoms with Gasteiger partial charge in [-0.05, 0) is 71.0 Å². The molecule has 1 aliphatic heterocycles. The van der Waals surface area contributed by atoms with E-state index < -0.39 is 23.0 Å². The fourth-order valence-corrected chi connectivity index (χ4v) is 5.44. The summed E-state index contributed by atoms with van der Waals surface area (Å²) >= 11 is 6.01. The molecule has 2 heterocycles. The Morgan fingerprint density at radius 1 is 1.02 bits per heavy atom. The zero-order valence-electron chi connectivity index (χ0n) is 24.0. The molecule has 0 amide bonds. The van der Waals surface area contributed by atoms with Crippen LogP contribution in [0.4, 0.5) is 15.9 Å². The summed E-state index contributed by atoms with van der Waals surface area (Å²) < 4.78 is 32.5. The van der Waals surface area contributed by atoms with Gasteiger partial charge in [0.25, 0.3) is 0 Å². The molecule has 1 unspecified atom stereocenters. The number of methoxy groups -OCH3 is 1. The van der Waals surface area contributed by atoms with Crippen LogP contribution in [0.25, 0.3) is 10.9 Å². The molecule has 3 aromatic carbocycles. The van der Waals surface area contributed by atoms with Crippen LogP contribution in [0, 0.1) is 11.7 Å². The van der Waals surface area contributed by atoms with Crippen LogP contribution in [0.3, 0.4) is 0 Å². The van der Waals surface area contributed by atoms with Gasteiger partial charge >= 0.3 is 5.97 Å². The number of anilines is 2. The van der Waals surface area contributed by atoms with E-state index in [9.17, 15) is 9.18 Å². The van der Waals surface area contributed by atoms with E-state index in [-0.39, 0.29) is 10.9 Å². The van der Waals surface area contributed by atoms with Crippen LogP contribution in [-0.4, -0.2) is 41.7 Å². The second-order valence-electron chi connectivity index (χ2n) is 11.2. The number of fused-ring (bicyclic) bond motifs is 1. The van der Waals surface area contributed by atoms with Gasteiger partial charge in [-0.15, -0.1) is 0 Å². The standard InChI is InChI=1S/C32H34ClFN4O4/c1-31(2,3)42-30(39)32(20-8-6-5-7-9-20,21-12-14-35-15-13-21)41-28-17-23-26(18-27(28)40-4)36-19-37-29(23)38-22-10-11-25(34)24(33)16-22/h5-11,16-19,21,35H,12-15H2,1-4H3,(H,36,37,38). The Bertz CT molecular complexity index is 1570. The Balaban J connectivity index is 1.67. The SMILES string of the molecule is COc1cc2ncnc(Nc3ccc(F)c(Cl)c3)c2cc1OC(C(=O)OC(C)(C)C)(c1ccccc1)C1CCNCC1. The van der Waals surface area contributed by atoms with Crippen LogP contribution < -0.4 is 20.1 Å². The van der Waals surface area contributed by atoms with E-state index in [1.165, 1.54) is 25.6 Å². The van der Waals surface area contributed by atoms with Gasteiger partial charge in [-0.1, -0.05) is 41.9 Å². The zero-order valence-corrected chi connectivity index (χ0v) is 24.8. The molecule has 0 aliphatic carbocycles. The van der Waals surface area contributed by atoms with Gasteiger partial charge in [-0.25, -0.2) is 19.2 Å². The molecular weight excluding hydrogens is 559 g/mol. The van der Waals surface area contributed by atoms with E-state index in [4.69, 9.17) is 25.8 Å². The first-order valence-electron chi connectivity index (χ1n) is 13.8. The minimum Gasteiger partial charge on any atom is -0.493 e. The molecule has 0 bridgehead atoms. The van der Waals surface area contributed by atoms with Crippen molar-refractivity contribution in [2.75, 3.05) is 25.5 Å². The monoisotopic (exact) mass is 592 g/mol. The first-order valence-corrected chi connectivity index (χ1v) is 14.2. The molecule has 0 radical (unpaired) electrons. The third-order valence-electron chi connectivity index (χ3n) is 7.19. The smallest absolute Gasteiger partial charge is 0.356 e. The van der Waals surface area contributed by atoms with Gasteiger partial charge in [0.05, 0.1) is 17.6 Å². The molecule has 1 aliphatic rings. The highest BCUT2D eigenvalue weighted by Crippen LogP contribution is 2.45. The quantitative estimate of drug-likeness (QED) is 0.216. The summed E-state index contributed by atoms with van der Waals surface area (Å²) in [6, 6.07) is 17.3. The van der Waals surface area contributed by atoms with Crippen LogP contribution in [0.5, 0.6) is 11.5 Å². The van der Waals surface area contributed by atoms with Crippen LogP contribution in [0.1, 0.15) is 39.2 Å². The number of hydrogen-bond donors (Lipinski definition) is 2. The number of ether oxygens (including phenoxy) is 3. The third kappa shape index (κ3) is 6.12. The molecule has 1 fully saturated rings. The number of rotatable bonds is 8. The number of esters is 1. The number of carbonyl (C=O) groups excluding carboxylic acids is 1. The van der Waals surface area contributed by atoms with Gasteiger partial charge < -0.3 is 24.8 Å². The Kier molecular flexibility index (Phi) is 8.52. The molecular formula is C32H34ClFN4O4. The normalized spacial score (nSPS) is 15.6. The van der Waals surface area contributed by atoms with Gasteiger partial charge in [-0.2, -0.15) is 0 Å². The minimum absolute atomic E-state index is 0.0176. The van der Waals surface area contributed by atoms with E-state index in [0.717, 1.165) is 13.1 Å². The van der Waals surface area contributed by atoms with Crippen LogP contribution in [0.2, 0.25) is 5.02 Å². The molecule has 10 heteroatoms. The number of piperidine rings is 1. The summed E-state index contributed by atoms with van der Waals surface area (Å²) in [6.45, 7) is 7.01.